The summed E-state index contributed by atoms with van der Waals surface area (Å²) < 4.78 is 18.0. The molecule has 1 N–H and O–H groups in total. The Bertz CT molecular complexity index is 748. The van der Waals surface area contributed by atoms with Crippen LogP contribution >= 0.6 is 11.3 Å². The quantitative estimate of drug-likeness (QED) is 0.830. The highest BCUT2D eigenvalue weighted by molar-refractivity contribution is 7.15. The largest absolute Gasteiger partial charge is 0.465 e. The summed E-state index contributed by atoms with van der Waals surface area (Å²) in [6, 6.07) is 5.88. The van der Waals surface area contributed by atoms with Gasteiger partial charge in [0.1, 0.15) is 16.4 Å². The number of nitrogens with one attached hydrogen (secondary N) is 1. The first-order valence-electron chi connectivity index (χ1n) is 7.86. The molecule has 24 heavy (non-hydrogen) atoms. The Hall–Kier alpha value is -2.21. The molecule has 1 saturated carbocycles. The monoisotopic (exact) mass is 347 g/mol. The highest BCUT2D eigenvalue weighted by Gasteiger charge is 2.27. The number of ether oxygens (including phenoxy) is 1. The van der Waals surface area contributed by atoms with E-state index in [-0.39, 0.29) is 17.6 Å². The Morgan fingerprint density at radius 3 is 2.50 bits per heavy atom. The molecule has 126 valence electrons. The van der Waals surface area contributed by atoms with Crippen molar-refractivity contribution < 1.29 is 18.7 Å². The van der Waals surface area contributed by atoms with Crippen molar-refractivity contribution in [1.82, 2.24) is 0 Å². The van der Waals surface area contributed by atoms with Crippen LogP contribution in [0.25, 0.3) is 11.1 Å². The molecule has 1 aromatic carbocycles. The van der Waals surface area contributed by atoms with Crippen molar-refractivity contribution in [3.8, 4) is 11.1 Å². The first-order valence-corrected chi connectivity index (χ1v) is 8.74. The average Bonchev–Trinajstić information content (AvgIpc) is 3.24. The Kier molecular flexibility index (Phi) is 4.94. The van der Waals surface area contributed by atoms with Crippen LogP contribution in [0.2, 0.25) is 0 Å². The molecule has 1 aromatic heterocycles. The van der Waals surface area contributed by atoms with Gasteiger partial charge in [-0.05, 0) is 30.5 Å². The highest BCUT2D eigenvalue weighted by Crippen LogP contribution is 2.37. The van der Waals surface area contributed by atoms with Gasteiger partial charge in [-0.25, -0.2) is 9.18 Å². The number of hydrogen-bond acceptors (Lipinski definition) is 4. The van der Waals surface area contributed by atoms with Crippen LogP contribution in [-0.2, 0) is 9.53 Å². The summed E-state index contributed by atoms with van der Waals surface area (Å²) in [5.41, 5.74) is 1.66. The number of anilines is 1. The topological polar surface area (TPSA) is 55.4 Å². The number of carbonyl (C=O) groups excluding carboxylic acids is 2. The summed E-state index contributed by atoms with van der Waals surface area (Å²) in [6.07, 6.45) is 3.89. The fourth-order valence-corrected chi connectivity index (χ4v) is 3.96. The minimum Gasteiger partial charge on any atom is -0.465 e. The van der Waals surface area contributed by atoms with Gasteiger partial charge in [-0.1, -0.05) is 25.0 Å². The molecule has 0 spiro atoms. The zero-order chi connectivity index (χ0) is 17.1. The lowest BCUT2D eigenvalue weighted by atomic mass is 10.0. The molecule has 1 aliphatic rings. The first-order chi connectivity index (χ1) is 11.6. The molecule has 0 aliphatic heterocycles. The van der Waals surface area contributed by atoms with Crippen LogP contribution in [0, 0.1) is 11.7 Å². The third-order valence-electron chi connectivity index (χ3n) is 4.30. The van der Waals surface area contributed by atoms with Crippen molar-refractivity contribution in [2.24, 2.45) is 5.92 Å². The predicted octanol–water partition coefficient (Wildman–Crippen LogP) is 4.47. The van der Waals surface area contributed by atoms with E-state index in [1.807, 2.05) is 0 Å². The van der Waals surface area contributed by atoms with Crippen LogP contribution in [0.1, 0.15) is 36.0 Å². The Labute approximate surface area is 143 Å². The number of benzene rings is 1. The van der Waals surface area contributed by atoms with E-state index in [1.54, 1.807) is 17.5 Å². The van der Waals surface area contributed by atoms with E-state index in [4.69, 9.17) is 4.74 Å². The molecule has 0 bridgehead atoms. The number of esters is 1. The number of carbonyl (C=O) groups is 2. The SMILES string of the molecule is COC(=O)c1c(-c2ccc(F)cc2)csc1NC(=O)C1CCCC1. The fraction of sp³-hybridized carbons (Fsp3) is 0.333. The van der Waals surface area contributed by atoms with Crippen molar-refractivity contribution in [3.63, 3.8) is 0 Å². The van der Waals surface area contributed by atoms with E-state index >= 15 is 0 Å². The maximum atomic E-state index is 13.1. The zero-order valence-corrected chi connectivity index (χ0v) is 14.1. The van der Waals surface area contributed by atoms with Gasteiger partial charge in [-0.2, -0.15) is 0 Å². The second-order valence-electron chi connectivity index (χ2n) is 5.82. The lowest BCUT2D eigenvalue weighted by Gasteiger charge is -2.11. The molecule has 6 heteroatoms. The average molecular weight is 347 g/mol. The molecule has 1 aliphatic carbocycles. The van der Waals surface area contributed by atoms with Crippen LogP contribution < -0.4 is 5.32 Å². The van der Waals surface area contributed by atoms with Gasteiger partial charge in [-0.3, -0.25) is 4.79 Å². The molecule has 0 atom stereocenters. The number of rotatable bonds is 4. The predicted molar refractivity (Wildman–Crippen MR) is 91.6 cm³/mol. The highest BCUT2D eigenvalue weighted by atomic mass is 32.1. The number of methoxy groups -OCH3 is 1. The minimum absolute atomic E-state index is 0.00636. The lowest BCUT2D eigenvalue weighted by molar-refractivity contribution is -0.119. The molecule has 3 rings (SSSR count). The number of amides is 1. The number of thiophene rings is 1. The van der Waals surface area contributed by atoms with E-state index in [9.17, 15) is 14.0 Å². The normalized spacial score (nSPS) is 14.6. The zero-order valence-electron chi connectivity index (χ0n) is 13.3. The summed E-state index contributed by atoms with van der Waals surface area (Å²) in [5, 5.41) is 5.14. The smallest absolute Gasteiger partial charge is 0.341 e. The van der Waals surface area contributed by atoms with E-state index in [2.05, 4.69) is 5.32 Å². The Balaban J connectivity index is 1.93. The van der Waals surface area contributed by atoms with Gasteiger partial charge in [0.25, 0.3) is 0 Å². The molecule has 4 nitrogen and oxygen atoms in total. The summed E-state index contributed by atoms with van der Waals surface area (Å²) >= 11 is 1.28. The third-order valence-corrected chi connectivity index (χ3v) is 5.19. The molecule has 0 saturated heterocycles. The van der Waals surface area contributed by atoms with E-state index in [0.717, 1.165) is 25.7 Å². The van der Waals surface area contributed by atoms with Gasteiger partial charge in [0.2, 0.25) is 5.91 Å². The summed E-state index contributed by atoms with van der Waals surface area (Å²) in [7, 11) is 1.30. The van der Waals surface area contributed by atoms with Crippen molar-refractivity contribution in [3.05, 3.63) is 41.0 Å². The van der Waals surface area contributed by atoms with Crippen LogP contribution in [0.15, 0.2) is 29.6 Å². The molecule has 1 fully saturated rings. The summed E-state index contributed by atoms with van der Waals surface area (Å²) in [5.74, 6) is -0.905. The van der Waals surface area contributed by atoms with Gasteiger partial charge in [0.15, 0.2) is 0 Å². The molecule has 1 heterocycles. The van der Waals surface area contributed by atoms with E-state index in [1.165, 1.54) is 30.6 Å². The maximum absolute atomic E-state index is 13.1. The first kappa shape index (κ1) is 16.6. The molecule has 0 radical (unpaired) electrons. The minimum atomic E-state index is -0.516. The van der Waals surface area contributed by atoms with Crippen molar-refractivity contribution in [1.29, 1.82) is 0 Å². The molecule has 1 amide bonds. The summed E-state index contributed by atoms with van der Waals surface area (Å²) in [6.45, 7) is 0. The number of halogens is 1. The van der Waals surface area contributed by atoms with E-state index < -0.39 is 5.97 Å². The Morgan fingerprint density at radius 1 is 1.21 bits per heavy atom. The lowest BCUT2D eigenvalue weighted by Crippen LogP contribution is -2.21. The van der Waals surface area contributed by atoms with Crippen LogP contribution in [-0.4, -0.2) is 19.0 Å². The molecule has 2 aromatic rings. The third kappa shape index (κ3) is 3.33. The fourth-order valence-electron chi connectivity index (χ4n) is 3.00. The van der Waals surface area contributed by atoms with Gasteiger partial charge in [-0.15, -0.1) is 11.3 Å². The number of hydrogen-bond donors (Lipinski definition) is 1. The molecular weight excluding hydrogens is 329 g/mol. The standard InChI is InChI=1S/C18H18FNO3S/c1-23-18(22)15-14(11-6-8-13(19)9-7-11)10-24-17(15)20-16(21)12-4-2-3-5-12/h6-10,12H,2-5H2,1H3,(H,20,21). The van der Waals surface area contributed by atoms with Gasteiger partial charge >= 0.3 is 5.97 Å². The van der Waals surface area contributed by atoms with Gasteiger partial charge in [0, 0.05) is 16.9 Å². The van der Waals surface area contributed by atoms with Crippen LogP contribution in [0.4, 0.5) is 9.39 Å². The van der Waals surface area contributed by atoms with Gasteiger partial charge in [0.05, 0.1) is 7.11 Å². The second kappa shape index (κ2) is 7.13. The summed E-state index contributed by atoms with van der Waals surface area (Å²) in [4.78, 5) is 24.6. The van der Waals surface area contributed by atoms with E-state index in [0.29, 0.717) is 21.7 Å². The molecular formula is C18H18FNO3S. The molecule has 0 unspecified atom stereocenters. The second-order valence-corrected chi connectivity index (χ2v) is 6.70. The van der Waals surface area contributed by atoms with Gasteiger partial charge < -0.3 is 10.1 Å². The van der Waals surface area contributed by atoms with Crippen LogP contribution in [0.5, 0.6) is 0 Å². The Morgan fingerprint density at radius 2 is 1.88 bits per heavy atom. The van der Waals surface area contributed by atoms with Crippen LogP contribution in [0.3, 0.4) is 0 Å². The maximum Gasteiger partial charge on any atom is 0.341 e. The van der Waals surface area contributed by atoms with Crippen molar-refractivity contribution in [2.45, 2.75) is 25.7 Å². The van der Waals surface area contributed by atoms with Crippen molar-refractivity contribution in [2.75, 3.05) is 12.4 Å². The van der Waals surface area contributed by atoms with Crippen molar-refractivity contribution >= 4 is 28.2 Å².